The number of nitrogens with zero attached hydrogens (tertiary/aromatic N) is 1. The fourth-order valence-electron chi connectivity index (χ4n) is 2.00. The van der Waals surface area contributed by atoms with Gasteiger partial charge in [0.05, 0.1) is 11.8 Å². The van der Waals surface area contributed by atoms with Gasteiger partial charge in [0.2, 0.25) is 11.8 Å². The summed E-state index contributed by atoms with van der Waals surface area (Å²) in [5, 5.41) is 2.37. The third-order valence-corrected chi connectivity index (χ3v) is 2.74. The number of nitrogens with one attached hydrogen (secondary N) is 1. The van der Waals surface area contributed by atoms with Crippen LogP contribution in [0.25, 0.3) is 0 Å². The largest absolute Gasteiger partial charge is 0.306 e. The molecule has 0 aromatic heterocycles. The summed E-state index contributed by atoms with van der Waals surface area (Å²) in [7, 11) is 1.98. The molecule has 2 heterocycles. The van der Waals surface area contributed by atoms with Crippen LogP contribution in [-0.4, -0.2) is 36.9 Å². The molecule has 2 unspecified atom stereocenters. The summed E-state index contributed by atoms with van der Waals surface area (Å²) in [6.07, 6.45) is 0.818. The second-order valence-electron chi connectivity index (χ2n) is 3.62. The first-order chi connectivity index (χ1) is 5.68. The Kier molecular flexibility index (Phi) is 1.65. The molecule has 4 heteroatoms. The van der Waals surface area contributed by atoms with Crippen molar-refractivity contribution < 1.29 is 9.59 Å². The number of hydrogen-bond acceptors (Lipinski definition) is 3. The molecule has 12 heavy (non-hydrogen) atoms. The van der Waals surface area contributed by atoms with Gasteiger partial charge < -0.3 is 4.90 Å². The summed E-state index contributed by atoms with van der Waals surface area (Å²) < 4.78 is 0. The highest BCUT2D eigenvalue weighted by atomic mass is 16.2. The Hall–Kier alpha value is -0.900. The van der Waals surface area contributed by atoms with Crippen LogP contribution < -0.4 is 5.32 Å². The Morgan fingerprint density at radius 1 is 1.33 bits per heavy atom. The first kappa shape index (κ1) is 7.73. The molecular weight excluding hydrogens is 156 g/mol. The smallest absolute Gasteiger partial charge is 0.231 e. The van der Waals surface area contributed by atoms with Crippen LogP contribution in [0.3, 0.4) is 0 Å². The second kappa shape index (κ2) is 2.55. The first-order valence-electron chi connectivity index (χ1n) is 4.22. The van der Waals surface area contributed by atoms with E-state index in [-0.39, 0.29) is 23.7 Å². The molecule has 2 rings (SSSR count). The highest BCUT2D eigenvalue weighted by Gasteiger charge is 2.43. The molecule has 0 aliphatic carbocycles. The summed E-state index contributed by atoms with van der Waals surface area (Å²) in [5.41, 5.74) is 0. The van der Waals surface area contributed by atoms with Crippen molar-refractivity contribution in [1.29, 1.82) is 0 Å². The molecule has 0 spiro atoms. The van der Waals surface area contributed by atoms with Crippen LogP contribution in [0.4, 0.5) is 0 Å². The number of carbonyl (C=O) groups excluding carboxylic acids is 2. The predicted molar refractivity (Wildman–Crippen MR) is 42.2 cm³/mol. The van der Waals surface area contributed by atoms with E-state index in [9.17, 15) is 9.59 Å². The predicted octanol–water partition coefficient (Wildman–Crippen LogP) is -0.789. The van der Waals surface area contributed by atoms with Crippen LogP contribution >= 0.6 is 0 Å². The molecule has 2 aliphatic heterocycles. The summed E-state index contributed by atoms with van der Waals surface area (Å²) in [6.45, 7) is 1.64. The van der Waals surface area contributed by atoms with E-state index in [4.69, 9.17) is 0 Å². The molecule has 2 fully saturated rings. The standard InChI is InChI=1S/C8H12N2O2/c1-10-3-2-5-6(4-10)8(12)9-7(5)11/h5-6H,2-4H2,1H3,(H,9,11,12). The van der Waals surface area contributed by atoms with Gasteiger partial charge in [0.15, 0.2) is 0 Å². The van der Waals surface area contributed by atoms with E-state index < -0.39 is 0 Å². The average Bonchev–Trinajstić information content (AvgIpc) is 2.28. The van der Waals surface area contributed by atoms with Crippen molar-refractivity contribution in [3.8, 4) is 0 Å². The first-order valence-corrected chi connectivity index (χ1v) is 4.22. The van der Waals surface area contributed by atoms with Crippen LogP contribution in [-0.2, 0) is 9.59 Å². The van der Waals surface area contributed by atoms with Gasteiger partial charge >= 0.3 is 0 Å². The molecule has 2 atom stereocenters. The third-order valence-electron chi connectivity index (χ3n) is 2.74. The SMILES string of the molecule is CN1CCC2C(=O)NC(=O)C2C1. The molecule has 2 aliphatic rings. The quantitative estimate of drug-likeness (QED) is 0.482. The Balaban J connectivity index is 2.17. The van der Waals surface area contributed by atoms with E-state index in [0.717, 1.165) is 19.5 Å². The molecule has 66 valence electrons. The number of piperidine rings is 1. The number of rotatable bonds is 0. The van der Waals surface area contributed by atoms with E-state index in [0.29, 0.717) is 0 Å². The van der Waals surface area contributed by atoms with Crippen molar-refractivity contribution in [2.24, 2.45) is 11.8 Å². The van der Waals surface area contributed by atoms with E-state index in [1.54, 1.807) is 0 Å². The van der Waals surface area contributed by atoms with E-state index in [2.05, 4.69) is 10.2 Å². The molecule has 2 amide bonds. The summed E-state index contributed by atoms with van der Waals surface area (Å²) in [5.74, 6) is -0.292. The van der Waals surface area contributed by atoms with Gasteiger partial charge in [-0.05, 0) is 20.0 Å². The fraction of sp³-hybridized carbons (Fsp3) is 0.750. The highest BCUT2D eigenvalue weighted by molar-refractivity contribution is 6.05. The maximum absolute atomic E-state index is 11.2. The van der Waals surface area contributed by atoms with Crippen LogP contribution in [0.15, 0.2) is 0 Å². The van der Waals surface area contributed by atoms with Gasteiger partial charge in [0, 0.05) is 6.54 Å². The average molecular weight is 168 g/mol. The van der Waals surface area contributed by atoms with Crippen LogP contribution in [0, 0.1) is 11.8 Å². The molecule has 4 nitrogen and oxygen atoms in total. The topological polar surface area (TPSA) is 49.4 Å². The minimum atomic E-state index is -0.0868. The lowest BCUT2D eigenvalue weighted by Crippen LogP contribution is -2.39. The van der Waals surface area contributed by atoms with E-state index in [1.807, 2.05) is 7.05 Å². The zero-order chi connectivity index (χ0) is 8.72. The van der Waals surface area contributed by atoms with Crippen molar-refractivity contribution >= 4 is 11.8 Å². The molecular formula is C8H12N2O2. The minimum Gasteiger partial charge on any atom is -0.306 e. The summed E-state index contributed by atoms with van der Waals surface area (Å²) >= 11 is 0. The van der Waals surface area contributed by atoms with Crippen LogP contribution in [0.5, 0.6) is 0 Å². The number of hydrogen-bond donors (Lipinski definition) is 1. The molecule has 2 saturated heterocycles. The van der Waals surface area contributed by atoms with Crippen molar-refractivity contribution in [3.05, 3.63) is 0 Å². The molecule has 0 aromatic carbocycles. The Bertz CT molecular complexity index is 239. The maximum Gasteiger partial charge on any atom is 0.231 e. The second-order valence-corrected chi connectivity index (χ2v) is 3.62. The highest BCUT2D eigenvalue weighted by Crippen LogP contribution is 2.27. The van der Waals surface area contributed by atoms with Crippen molar-refractivity contribution in [2.45, 2.75) is 6.42 Å². The number of likely N-dealkylation sites (tertiary alicyclic amines) is 1. The van der Waals surface area contributed by atoms with E-state index >= 15 is 0 Å². The minimum absolute atomic E-state index is 0.0475. The lowest BCUT2D eigenvalue weighted by molar-refractivity contribution is -0.126. The molecule has 1 N–H and O–H groups in total. The van der Waals surface area contributed by atoms with E-state index in [1.165, 1.54) is 0 Å². The van der Waals surface area contributed by atoms with Crippen molar-refractivity contribution in [3.63, 3.8) is 0 Å². The van der Waals surface area contributed by atoms with Crippen LogP contribution in [0.1, 0.15) is 6.42 Å². The summed E-state index contributed by atoms with van der Waals surface area (Å²) in [6, 6.07) is 0. The van der Waals surface area contributed by atoms with Gasteiger partial charge in [0.25, 0.3) is 0 Å². The lowest BCUT2D eigenvalue weighted by atomic mass is 9.88. The van der Waals surface area contributed by atoms with Crippen LogP contribution in [0.2, 0.25) is 0 Å². The number of fused-ring (bicyclic) bond motifs is 1. The third kappa shape index (κ3) is 1.03. The normalized spacial score (nSPS) is 36.4. The molecule has 0 bridgehead atoms. The van der Waals surface area contributed by atoms with Crippen molar-refractivity contribution in [2.75, 3.05) is 20.1 Å². The van der Waals surface area contributed by atoms with Crippen molar-refractivity contribution in [1.82, 2.24) is 10.2 Å². The monoisotopic (exact) mass is 168 g/mol. The van der Waals surface area contributed by atoms with Gasteiger partial charge in [-0.3, -0.25) is 14.9 Å². The number of carbonyl (C=O) groups is 2. The Morgan fingerprint density at radius 2 is 2.00 bits per heavy atom. The zero-order valence-corrected chi connectivity index (χ0v) is 7.04. The molecule has 0 saturated carbocycles. The fourth-order valence-corrected chi connectivity index (χ4v) is 2.00. The van der Waals surface area contributed by atoms with Gasteiger partial charge in [-0.1, -0.05) is 0 Å². The lowest BCUT2D eigenvalue weighted by Gasteiger charge is -2.28. The zero-order valence-electron chi connectivity index (χ0n) is 7.04. The molecule has 0 radical (unpaired) electrons. The Morgan fingerprint density at radius 3 is 2.75 bits per heavy atom. The summed E-state index contributed by atoms with van der Waals surface area (Å²) in [4.78, 5) is 24.5. The Labute approximate surface area is 70.9 Å². The number of imide groups is 1. The maximum atomic E-state index is 11.2. The van der Waals surface area contributed by atoms with Gasteiger partial charge in [-0.25, -0.2) is 0 Å². The van der Waals surface area contributed by atoms with Gasteiger partial charge in [-0.2, -0.15) is 0 Å². The van der Waals surface area contributed by atoms with Gasteiger partial charge in [-0.15, -0.1) is 0 Å². The number of amides is 2. The molecule has 0 aromatic rings. The van der Waals surface area contributed by atoms with Gasteiger partial charge in [0.1, 0.15) is 0 Å².